The zero-order valence-electron chi connectivity index (χ0n) is 10.9. The van der Waals surface area contributed by atoms with Crippen LogP contribution in [0.3, 0.4) is 0 Å². The van der Waals surface area contributed by atoms with E-state index in [1.165, 1.54) is 25.7 Å². The summed E-state index contributed by atoms with van der Waals surface area (Å²) in [6, 6.07) is 0.314. The standard InChI is InChI=1S/C14H25NO2/c1-10-12(4-7-16-10)13(15)11-3-8-17-14(9-11)5-2-6-14/h10-13H,2-9,15H2,1H3. The molecule has 3 heteroatoms. The van der Waals surface area contributed by atoms with Crippen molar-refractivity contribution in [2.75, 3.05) is 13.2 Å². The van der Waals surface area contributed by atoms with Crippen molar-refractivity contribution in [3.8, 4) is 0 Å². The highest BCUT2D eigenvalue weighted by molar-refractivity contribution is 4.98. The highest BCUT2D eigenvalue weighted by atomic mass is 16.5. The third-order valence-electron chi connectivity index (χ3n) is 5.27. The van der Waals surface area contributed by atoms with E-state index in [0.717, 1.165) is 26.1 Å². The van der Waals surface area contributed by atoms with Crippen LogP contribution in [0.1, 0.15) is 45.4 Å². The fourth-order valence-corrected chi connectivity index (χ4v) is 3.92. The maximum atomic E-state index is 6.51. The molecule has 0 radical (unpaired) electrons. The van der Waals surface area contributed by atoms with Crippen molar-refractivity contribution in [2.24, 2.45) is 17.6 Å². The van der Waals surface area contributed by atoms with Crippen molar-refractivity contribution in [3.63, 3.8) is 0 Å². The molecular formula is C14H25NO2. The predicted octanol–water partition coefficient (Wildman–Crippen LogP) is 2.09. The molecule has 2 heterocycles. The van der Waals surface area contributed by atoms with Crippen LogP contribution in [0, 0.1) is 11.8 Å². The van der Waals surface area contributed by atoms with Gasteiger partial charge in [-0.3, -0.25) is 0 Å². The fourth-order valence-electron chi connectivity index (χ4n) is 3.92. The molecule has 17 heavy (non-hydrogen) atoms. The van der Waals surface area contributed by atoms with Gasteiger partial charge in [0.15, 0.2) is 0 Å². The van der Waals surface area contributed by atoms with Gasteiger partial charge in [0.05, 0.1) is 11.7 Å². The van der Waals surface area contributed by atoms with E-state index in [0.29, 0.717) is 24.0 Å². The summed E-state index contributed by atoms with van der Waals surface area (Å²) in [5.74, 6) is 1.22. The summed E-state index contributed by atoms with van der Waals surface area (Å²) < 4.78 is 11.6. The first-order valence-electron chi connectivity index (χ1n) is 7.21. The molecule has 98 valence electrons. The van der Waals surface area contributed by atoms with Crippen molar-refractivity contribution in [3.05, 3.63) is 0 Å². The highest BCUT2D eigenvalue weighted by Crippen LogP contribution is 2.46. The van der Waals surface area contributed by atoms with E-state index in [-0.39, 0.29) is 5.60 Å². The van der Waals surface area contributed by atoms with Gasteiger partial charge in [0.2, 0.25) is 0 Å². The van der Waals surface area contributed by atoms with Crippen LogP contribution in [0.2, 0.25) is 0 Å². The zero-order valence-corrected chi connectivity index (χ0v) is 10.9. The molecule has 2 aliphatic heterocycles. The minimum absolute atomic E-state index is 0.225. The Hall–Kier alpha value is -0.120. The van der Waals surface area contributed by atoms with Gasteiger partial charge in [-0.05, 0) is 51.4 Å². The summed E-state index contributed by atoms with van der Waals surface area (Å²) in [7, 11) is 0. The van der Waals surface area contributed by atoms with Crippen LogP contribution in [0.5, 0.6) is 0 Å². The fraction of sp³-hybridized carbons (Fsp3) is 1.00. The van der Waals surface area contributed by atoms with Gasteiger partial charge in [0.25, 0.3) is 0 Å². The molecule has 0 bridgehead atoms. The van der Waals surface area contributed by atoms with Gasteiger partial charge in [-0.2, -0.15) is 0 Å². The van der Waals surface area contributed by atoms with E-state index in [9.17, 15) is 0 Å². The molecule has 0 aromatic carbocycles. The van der Waals surface area contributed by atoms with Gasteiger partial charge in [-0.25, -0.2) is 0 Å². The molecule has 2 saturated heterocycles. The lowest BCUT2D eigenvalue weighted by atomic mass is 9.68. The molecule has 1 saturated carbocycles. The monoisotopic (exact) mass is 239 g/mol. The second-order valence-electron chi connectivity index (χ2n) is 6.24. The molecular weight excluding hydrogens is 214 g/mol. The van der Waals surface area contributed by atoms with Crippen LogP contribution >= 0.6 is 0 Å². The lowest BCUT2D eigenvalue weighted by Gasteiger charge is -2.49. The van der Waals surface area contributed by atoms with Crippen molar-refractivity contribution in [1.29, 1.82) is 0 Å². The molecule has 3 fully saturated rings. The van der Waals surface area contributed by atoms with E-state index in [4.69, 9.17) is 15.2 Å². The van der Waals surface area contributed by atoms with Gasteiger partial charge in [0.1, 0.15) is 0 Å². The summed E-state index contributed by atoms with van der Waals surface area (Å²) in [5, 5.41) is 0. The minimum Gasteiger partial charge on any atom is -0.378 e. The summed E-state index contributed by atoms with van der Waals surface area (Å²) in [5.41, 5.74) is 6.73. The number of hydrogen-bond donors (Lipinski definition) is 1. The Bertz CT molecular complexity index is 277. The molecule has 4 unspecified atom stereocenters. The Kier molecular flexibility index (Phi) is 3.18. The smallest absolute Gasteiger partial charge is 0.0685 e. The first-order valence-corrected chi connectivity index (χ1v) is 7.21. The SMILES string of the molecule is CC1OCCC1C(N)C1CCOC2(CCC2)C1. The van der Waals surface area contributed by atoms with Crippen molar-refractivity contribution >= 4 is 0 Å². The van der Waals surface area contributed by atoms with Crippen molar-refractivity contribution in [1.82, 2.24) is 0 Å². The molecule has 3 aliphatic rings. The maximum Gasteiger partial charge on any atom is 0.0685 e. The molecule has 1 spiro atoms. The Balaban J connectivity index is 1.63. The highest BCUT2D eigenvalue weighted by Gasteiger charge is 2.45. The van der Waals surface area contributed by atoms with Gasteiger partial charge in [-0.1, -0.05) is 0 Å². The van der Waals surface area contributed by atoms with Gasteiger partial charge >= 0.3 is 0 Å². The van der Waals surface area contributed by atoms with Crippen molar-refractivity contribution in [2.45, 2.75) is 63.2 Å². The Labute approximate surface area is 104 Å². The average molecular weight is 239 g/mol. The molecule has 0 amide bonds. The van der Waals surface area contributed by atoms with Crippen LogP contribution in [-0.4, -0.2) is 31.0 Å². The van der Waals surface area contributed by atoms with Crippen LogP contribution in [-0.2, 0) is 9.47 Å². The number of ether oxygens (including phenoxy) is 2. The molecule has 0 aromatic heterocycles. The Morgan fingerprint density at radius 3 is 2.65 bits per heavy atom. The quantitative estimate of drug-likeness (QED) is 0.802. The first kappa shape index (κ1) is 11.9. The second-order valence-corrected chi connectivity index (χ2v) is 6.24. The van der Waals surface area contributed by atoms with E-state index in [1.807, 2.05) is 0 Å². The van der Waals surface area contributed by atoms with E-state index >= 15 is 0 Å². The van der Waals surface area contributed by atoms with E-state index < -0.39 is 0 Å². The van der Waals surface area contributed by atoms with E-state index in [1.54, 1.807) is 0 Å². The third kappa shape index (κ3) is 2.13. The Morgan fingerprint density at radius 1 is 1.24 bits per heavy atom. The molecule has 0 aromatic rings. The van der Waals surface area contributed by atoms with Crippen LogP contribution in [0.25, 0.3) is 0 Å². The Morgan fingerprint density at radius 2 is 2.06 bits per heavy atom. The molecule has 3 rings (SSSR count). The van der Waals surface area contributed by atoms with Crippen LogP contribution in [0.4, 0.5) is 0 Å². The normalized spacial score (nSPS) is 42.4. The van der Waals surface area contributed by atoms with Crippen molar-refractivity contribution < 1.29 is 9.47 Å². The summed E-state index contributed by atoms with van der Waals surface area (Å²) in [4.78, 5) is 0. The van der Waals surface area contributed by atoms with Crippen LogP contribution < -0.4 is 5.73 Å². The summed E-state index contributed by atoms with van der Waals surface area (Å²) in [6.07, 6.45) is 7.69. The molecule has 1 aliphatic carbocycles. The van der Waals surface area contributed by atoms with Gasteiger partial charge < -0.3 is 15.2 Å². The largest absolute Gasteiger partial charge is 0.378 e. The predicted molar refractivity (Wildman–Crippen MR) is 66.8 cm³/mol. The topological polar surface area (TPSA) is 44.5 Å². The molecule has 4 atom stereocenters. The zero-order chi connectivity index (χ0) is 11.9. The summed E-state index contributed by atoms with van der Waals surface area (Å²) >= 11 is 0. The van der Waals surface area contributed by atoms with Gasteiger partial charge in [0, 0.05) is 25.2 Å². The molecule has 2 N–H and O–H groups in total. The first-order chi connectivity index (χ1) is 8.20. The number of nitrogens with two attached hydrogens (primary N) is 1. The van der Waals surface area contributed by atoms with Gasteiger partial charge in [-0.15, -0.1) is 0 Å². The maximum absolute atomic E-state index is 6.51. The summed E-state index contributed by atoms with van der Waals surface area (Å²) in [6.45, 7) is 3.99. The second kappa shape index (κ2) is 4.52. The third-order valence-corrected chi connectivity index (χ3v) is 5.27. The minimum atomic E-state index is 0.225. The molecule has 3 nitrogen and oxygen atoms in total. The lowest BCUT2D eigenvalue weighted by Crippen LogP contribution is -2.51. The number of hydrogen-bond acceptors (Lipinski definition) is 3. The average Bonchev–Trinajstić information content (AvgIpc) is 2.73. The van der Waals surface area contributed by atoms with Crippen LogP contribution in [0.15, 0.2) is 0 Å². The number of rotatable bonds is 2. The van der Waals surface area contributed by atoms with E-state index in [2.05, 4.69) is 6.92 Å². The lowest BCUT2D eigenvalue weighted by molar-refractivity contribution is -0.148.